The lowest BCUT2D eigenvalue weighted by Gasteiger charge is -2.12. The molecule has 3 aromatic heterocycles. The Bertz CT molecular complexity index is 4000. The minimum atomic E-state index is 0.871. The Labute approximate surface area is 388 Å². The fraction of sp³-hybridized carbons (Fsp3) is 0.0159. The van der Waals surface area contributed by atoms with Crippen LogP contribution in [0.25, 0.3) is 122 Å². The van der Waals surface area contributed by atoms with E-state index in [9.17, 15) is 0 Å². The fourth-order valence-corrected chi connectivity index (χ4v) is 10.0. The Hall–Kier alpha value is -8.86. The van der Waals surface area contributed by atoms with Gasteiger partial charge in [-0.05, 0) is 119 Å². The lowest BCUT2D eigenvalue weighted by atomic mass is 9.97. The van der Waals surface area contributed by atoms with Crippen LogP contribution in [0, 0.1) is 6.92 Å². The van der Waals surface area contributed by atoms with Gasteiger partial charge < -0.3 is 9.13 Å². The van der Waals surface area contributed by atoms with Gasteiger partial charge in [-0.3, -0.25) is 0 Å². The lowest BCUT2D eigenvalue weighted by molar-refractivity contribution is 1.18. The summed E-state index contributed by atoms with van der Waals surface area (Å²) in [5.74, 6) is 0. The zero-order valence-corrected chi connectivity index (χ0v) is 36.8. The smallest absolute Gasteiger partial charge is 0.0973 e. The normalized spacial score (nSPS) is 11.7. The highest BCUT2D eigenvalue weighted by molar-refractivity contribution is 6.13. The van der Waals surface area contributed by atoms with Crippen molar-refractivity contribution in [3.8, 4) is 67.3 Å². The molecule has 0 fully saturated rings. The van der Waals surface area contributed by atoms with Crippen LogP contribution in [0.5, 0.6) is 0 Å². The zero-order valence-electron chi connectivity index (χ0n) is 36.8. The van der Waals surface area contributed by atoms with Crippen molar-refractivity contribution in [1.29, 1.82) is 0 Å². The largest absolute Gasteiger partial charge is 0.309 e. The standard InChI is InChI=1S/C63H42N4/c1-41-20-22-42(23-21-41)43-24-26-44(27-25-43)47-30-35-60-54(38-47)55-40-49(32-37-61(55)66(60)50-14-6-3-7-15-50)48-31-36-59-53(39-48)52-16-8-11-19-58(52)67(59)51-33-28-46(29-34-51)63-62(45-12-4-2-5-13-45)64-56-17-9-10-18-57(56)65-63/h2-40H,1H3. The van der Waals surface area contributed by atoms with E-state index >= 15 is 0 Å². The Morgan fingerprint density at radius 3 is 1.18 bits per heavy atom. The molecule has 0 bridgehead atoms. The quantitative estimate of drug-likeness (QED) is 0.160. The third-order valence-corrected chi connectivity index (χ3v) is 13.4. The number of para-hydroxylation sites is 4. The number of aryl methyl sites for hydroxylation is 1. The number of hydrogen-bond donors (Lipinski definition) is 0. The Kier molecular flexibility index (Phi) is 9.04. The van der Waals surface area contributed by atoms with E-state index in [2.05, 4.69) is 222 Å². The highest BCUT2D eigenvalue weighted by Gasteiger charge is 2.18. The molecule has 0 saturated heterocycles. The molecule has 4 nitrogen and oxygen atoms in total. The van der Waals surface area contributed by atoms with Gasteiger partial charge in [0.1, 0.15) is 0 Å². The summed E-state index contributed by atoms with van der Waals surface area (Å²) in [6.07, 6.45) is 0. The number of hydrogen-bond acceptors (Lipinski definition) is 2. The van der Waals surface area contributed by atoms with Crippen LogP contribution in [0.15, 0.2) is 237 Å². The number of aromatic nitrogens is 4. The van der Waals surface area contributed by atoms with E-state index in [1.807, 2.05) is 30.3 Å². The summed E-state index contributed by atoms with van der Waals surface area (Å²) in [7, 11) is 0. The van der Waals surface area contributed by atoms with Crippen molar-refractivity contribution in [2.75, 3.05) is 0 Å². The average molecular weight is 855 g/mol. The summed E-state index contributed by atoms with van der Waals surface area (Å²) in [5.41, 5.74) is 21.0. The Morgan fingerprint density at radius 1 is 0.269 bits per heavy atom. The molecule has 0 N–H and O–H groups in total. The van der Waals surface area contributed by atoms with Crippen LogP contribution in [0.3, 0.4) is 0 Å². The van der Waals surface area contributed by atoms with Crippen LogP contribution < -0.4 is 0 Å². The van der Waals surface area contributed by atoms with Gasteiger partial charge in [-0.25, -0.2) is 9.97 Å². The summed E-state index contributed by atoms with van der Waals surface area (Å²) in [5, 5.41) is 4.89. The van der Waals surface area contributed by atoms with Crippen molar-refractivity contribution in [2.45, 2.75) is 6.92 Å². The van der Waals surface area contributed by atoms with Gasteiger partial charge >= 0.3 is 0 Å². The third-order valence-electron chi connectivity index (χ3n) is 13.4. The maximum Gasteiger partial charge on any atom is 0.0973 e. The number of benzene rings is 10. The molecule has 0 saturated carbocycles. The topological polar surface area (TPSA) is 35.6 Å². The molecule has 0 atom stereocenters. The molecule has 0 unspecified atom stereocenters. The SMILES string of the molecule is Cc1ccc(-c2ccc(-c3ccc4c(c3)c3cc(-c5ccc6c(c5)c5ccccc5n6-c5ccc(-c6nc7ccccc7nc6-c6ccccc6)cc5)ccc3n4-c3ccccc3)cc2)cc1. The number of fused-ring (bicyclic) bond motifs is 7. The molecular weight excluding hydrogens is 813 g/mol. The average Bonchev–Trinajstić information content (AvgIpc) is 3.91. The minimum Gasteiger partial charge on any atom is -0.309 e. The van der Waals surface area contributed by atoms with E-state index < -0.39 is 0 Å². The van der Waals surface area contributed by atoms with E-state index in [1.165, 1.54) is 77.0 Å². The molecule has 0 aliphatic carbocycles. The van der Waals surface area contributed by atoms with Crippen molar-refractivity contribution < 1.29 is 0 Å². The zero-order chi connectivity index (χ0) is 44.4. The van der Waals surface area contributed by atoms with Gasteiger partial charge in [0, 0.05) is 44.0 Å². The van der Waals surface area contributed by atoms with Crippen LogP contribution in [0.4, 0.5) is 0 Å². The predicted octanol–water partition coefficient (Wildman–Crippen LogP) is 16.5. The second kappa shape index (κ2) is 15.7. The van der Waals surface area contributed by atoms with Gasteiger partial charge in [0.05, 0.1) is 44.5 Å². The molecule has 0 spiro atoms. The molecule has 4 heteroatoms. The third kappa shape index (κ3) is 6.61. The van der Waals surface area contributed by atoms with Crippen LogP contribution in [-0.4, -0.2) is 19.1 Å². The molecule has 3 heterocycles. The first-order chi connectivity index (χ1) is 33.1. The van der Waals surface area contributed by atoms with E-state index in [-0.39, 0.29) is 0 Å². The van der Waals surface area contributed by atoms with Gasteiger partial charge in [-0.1, -0.05) is 163 Å². The van der Waals surface area contributed by atoms with E-state index in [4.69, 9.17) is 9.97 Å². The second-order valence-electron chi connectivity index (χ2n) is 17.5. The molecule has 67 heavy (non-hydrogen) atoms. The highest BCUT2D eigenvalue weighted by atomic mass is 15.0. The van der Waals surface area contributed by atoms with E-state index in [0.29, 0.717) is 0 Å². The van der Waals surface area contributed by atoms with Gasteiger partial charge in [0.15, 0.2) is 0 Å². The summed E-state index contributed by atoms with van der Waals surface area (Å²) < 4.78 is 4.78. The van der Waals surface area contributed by atoms with Gasteiger partial charge in [-0.2, -0.15) is 0 Å². The Balaban J connectivity index is 0.909. The molecule has 13 aromatic rings. The monoisotopic (exact) mass is 854 g/mol. The molecule has 0 aliphatic heterocycles. The van der Waals surface area contributed by atoms with Crippen LogP contribution in [0.2, 0.25) is 0 Å². The van der Waals surface area contributed by atoms with Crippen molar-refractivity contribution in [1.82, 2.24) is 19.1 Å². The van der Waals surface area contributed by atoms with Gasteiger partial charge in [-0.15, -0.1) is 0 Å². The summed E-state index contributed by atoms with van der Waals surface area (Å²) >= 11 is 0. The number of rotatable bonds is 7. The van der Waals surface area contributed by atoms with Gasteiger partial charge in [0.2, 0.25) is 0 Å². The molecular formula is C63H42N4. The van der Waals surface area contributed by atoms with Crippen molar-refractivity contribution in [3.05, 3.63) is 242 Å². The maximum atomic E-state index is 5.17. The first-order valence-electron chi connectivity index (χ1n) is 22.9. The Morgan fingerprint density at radius 2 is 0.627 bits per heavy atom. The molecule has 0 amide bonds. The summed E-state index contributed by atoms with van der Waals surface area (Å²) in [6, 6.07) is 85.3. The maximum absolute atomic E-state index is 5.17. The minimum absolute atomic E-state index is 0.871. The van der Waals surface area contributed by atoms with Crippen LogP contribution in [-0.2, 0) is 0 Å². The molecule has 10 aromatic carbocycles. The lowest BCUT2D eigenvalue weighted by Crippen LogP contribution is -1.97. The van der Waals surface area contributed by atoms with Crippen LogP contribution >= 0.6 is 0 Å². The van der Waals surface area contributed by atoms with Crippen molar-refractivity contribution >= 4 is 54.6 Å². The molecule has 0 aliphatic rings. The van der Waals surface area contributed by atoms with E-state index in [1.54, 1.807) is 0 Å². The highest BCUT2D eigenvalue weighted by Crippen LogP contribution is 2.40. The summed E-state index contributed by atoms with van der Waals surface area (Å²) in [4.78, 5) is 10.3. The fourth-order valence-electron chi connectivity index (χ4n) is 10.0. The van der Waals surface area contributed by atoms with Crippen molar-refractivity contribution in [3.63, 3.8) is 0 Å². The van der Waals surface area contributed by atoms with Crippen LogP contribution in [0.1, 0.15) is 5.56 Å². The first-order valence-corrected chi connectivity index (χ1v) is 22.9. The second-order valence-corrected chi connectivity index (χ2v) is 17.5. The predicted molar refractivity (Wildman–Crippen MR) is 280 cm³/mol. The van der Waals surface area contributed by atoms with E-state index in [0.717, 1.165) is 50.4 Å². The summed E-state index contributed by atoms with van der Waals surface area (Å²) in [6.45, 7) is 2.13. The van der Waals surface area contributed by atoms with Gasteiger partial charge in [0.25, 0.3) is 0 Å². The van der Waals surface area contributed by atoms with Crippen molar-refractivity contribution in [2.24, 2.45) is 0 Å². The molecule has 13 rings (SSSR count). The molecule has 314 valence electrons. The first kappa shape index (κ1) is 38.6. The number of nitrogens with zero attached hydrogens (tertiary/aromatic N) is 4. The molecule has 0 radical (unpaired) electrons.